The summed E-state index contributed by atoms with van der Waals surface area (Å²) < 4.78 is 21.3. The second-order valence-corrected chi connectivity index (χ2v) is 8.84. The molecule has 4 rings (SSSR count). The number of rotatable bonds is 6. The summed E-state index contributed by atoms with van der Waals surface area (Å²) in [7, 11) is 0. The van der Waals surface area contributed by atoms with Crippen LogP contribution in [0.1, 0.15) is 11.1 Å². The van der Waals surface area contributed by atoms with Crippen LogP contribution in [-0.2, 0) is 21.8 Å². The molecule has 0 amide bonds. The van der Waals surface area contributed by atoms with Gasteiger partial charge >= 0.3 is 0 Å². The highest BCUT2D eigenvalue weighted by Crippen LogP contribution is 2.40. The van der Waals surface area contributed by atoms with Gasteiger partial charge in [0.25, 0.3) is 5.09 Å². The van der Waals surface area contributed by atoms with Crippen molar-refractivity contribution in [3.63, 3.8) is 0 Å². The quantitative estimate of drug-likeness (QED) is 0.323. The highest BCUT2D eigenvalue weighted by Gasteiger charge is 2.45. The predicted octanol–water partition coefficient (Wildman–Crippen LogP) is 5.26. The van der Waals surface area contributed by atoms with Crippen molar-refractivity contribution in [1.82, 2.24) is 9.55 Å². The standard InChI is InChI=1S/C21H19BrCl2N2O3.HNO3/c1-14-2-5-20(18(22)8-14)27-10-16-11-28-21(29-16,12-26-7-6-25-13-26)17-4-3-15(23)9-19(17)24;2-1(3)4/h2-9,13,16H,10-12H2,1H3;(H,2,3,4). The van der Waals surface area contributed by atoms with Crippen LogP contribution in [0, 0.1) is 17.0 Å². The number of hydrogen-bond acceptors (Lipinski definition) is 6. The third-order valence-corrected chi connectivity index (χ3v) is 5.83. The molecule has 176 valence electrons. The van der Waals surface area contributed by atoms with Gasteiger partial charge in [-0.3, -0.25) is 0 Å². The normalized spacial score (nSPS) is 19.6. The zero-order chi connectivity index (χ0) is 24.0. The van der Waals surface area contributed by atoms with Gasteiger partial charge in [0.2, 0.25) is 5.79 Å². The summed E-state index contributed by atoms with van der Waals surface area (Å²) >= 11 is 16.1. The fraction of sp³-hybridized carbons (Fsp3) is 0.286. The summed E-state index contributed by atoms with van der Waals surface area (Å²) in [5, 5.41) is 14.7. The SMILES string of the molecule is Cc1ccc(OCC2COC(Cn3ccnc3)(c3ccc(Cl)cc3Cl)O2)c(Br)c1.O=[N+]([O-])O. The Labute approximate surface area is 208 Å². The fourth-order valence-corrected chi connectivity index (χ4v) is 4.44. The maximum Gasteiger partial charge on any atom is 0.291 e. The molecular weight excluding hydrogens is 541 g/mol. The monoisotopic (exact) mass is 559 g/mol. The maximum absolute atomic E-state index is 8.36. The van der Waals surface area contributed by atoms with Gasteiger partial charge in [0.1, 0.15) is 18.5 Å². The second-order valence-electron chi connectivity index (χ2n) is 7.15. The summed E-state index contributed by atoms with van der Waals surface area (Å²) in [5.41, 5.74) is 1.87. The largest absolute Gasteiger partial charge is 0.490 e. The van der Waals surface area contributed by atoms with Crippen molar-refractivity contribution in [2.24, 2.45) is 0 Å². The zero-order valence-electron chi connectivity index (χ0n) is 17.4. The Hall–Kier alpha value is -2.37. The van der Waals surface area contributed by atoms with Gasteiger partial charge in [-0.05, 0) is 52.7 Å². The smallest absolute Gasteiger partial charge is 0.291 e. The molecule has 1 saturated heterocycles. The molecule has 0 aliphatic carbocycles. The molecule has 1 aliphatic rings. The van der Waals surface area contributed by atoms with Crippen molar-refractivity contribution in [1.29, 1.82) is 0 Å². The number of aryl methyl sites for hydroxylation is 1. The Morgan fingerprint density at radius 1 is 1.36 bits per heavy atom. The first-order chi connectivity index (χ1) is 15.7. The van der Waals surface area contributed by atoms with E-state index in [2.05, 4.69) is 20.9 Å². The molecular formula is C21H20BrCl2N3O6. The molecule has 1 fully saturated rings. The van der Waals surface area contributed by atoms with Crippen LogP contribution in [0.25, 0.3) is 0 Å². The van der Waals surface area contributed by atoms with Crippen molar-refractivity contribution in [3.05, 3.63) is 90.9 Å². The third-order valence-electron chi connectivity index (χ3n) is 4.66. The number of imidazole rings is 1. The molecule has 2 unspecified atom stereocenters. The van der Waals surface area contributed by atoms with Gasteiger partial charge in [0, 0.05) is 23.0 Å². The first-order valence-electron chi connectivity index (χ1n) is 9.64. The lowest BCUT2D eigenvalue weighted by Gasteiger charge is -2.30. The van der Waals surface area contributed by atoms with Crippen molar-refractivity contribution >= 4 is 39.1 Å². The topological polar surface area (TPSA) is 109 Å². The number of aromatic nitrogens is 2. The van der Waals surface area contributed by atoms with Crippen LogP contribution in [0.4, 0.5) is 0 Å². The highest BCUT2D eigenvalue weighted by atomic mass is 79.9. The van der Waals surface area contributed by atoms with E-state index < -0.39 is 10.9 Å². The van der Waals surface area contributed by atoms with Crippen molar-refractivity contribution < 1.29 is 24.5 Å². The predicted molar refractivity (Wildman–Crippen MR) is 124 cm³/mol. The second kappa shape index (κ2) is 11.2. The minimum Gasteiger partial charge on any atom is -0.490 e. The van der Waals surface area contributed by atoms with Crippen LogP contribution < -0.4 is 4.74 Å². The Bertz CT molecular complexity index is 1100. The lowest BCUT2D eigenvalue weighted by molar-refractivity contribution is -0.742. The van der Waals surface area contributed by atoms with Gasteiger partial charge in [-0.1, -0.05) is 35.3 Å². The molecule has 9 nitrogen and oxygen atoms in total. The summed E-state index contributed by atoms with van der Waals surface area (Å²) in [6.45, 7) is 3.15. The Morgan fingerprint density at radius 2 is 2.12 bits per heavy atom. The van der Waals surface area contributed by atoms with E-state index in [0.29, 0.717) is 29.8 Å². The molecule has 2 atom stereocenters. The molecule has 12 heteroatoms. The van der Waals surface area contributed by atoms with E-state index in [0.717, 1.165) is 21.3 Å². The number of benzene rings is 2. The molecule has 1 aliphatic heterocycles. The van der Waals surface area contributed by atoms with Crippen LogP contribution in [0.2, 0.25) is 10.0 Å². The van der Waals surface area contributed by atoms with Crippen LogP contribution in [0.5, 0.6) is 5.75 Å². The van der Waals surface area contributed by atoms with Crippen LogP contribution in [0.3, 0.4) is 0 Å². The van der Waals surface area contributed by atoms with E-state index in [-0.39, 0.29) is 6.10 Å². The molecule has 0 bridgehead atoms. The molecule has 33 heavy (non-hydrogen) atoms. The molecule has 2 heterocycles. The lowest BCUT2D eigenvalue weighted by Crippen LogP contribution is -2.34. The minimum absolute atomic E-state index is 0.265. The van der Waals surface area contributed by atoms with Gasteiger partial charge in [-0.2, -0.15) is 0 Å². The molecule has 3 aromatic rings. The van der Waals surface area contributed by atoms with Gasteiger partial charge in [-0.25, -0.2) is 4.98 Å². The molecule has 0 radical (unpaired) electrons. The lowest BCUT2D eigenvalue weighted by atomic mass is 10.1. The van der Waals surface area contributed by atoms with Crippen molar-refractivity contribution in [2.75, 3.05) is 13.2 Å². The van der Waals surface area contributed by atoms with Crippen LogP contribution in [-0.4, -0.2) is 39.2 Å². The van der Waals surface area contributed by atoms with E-state index in [1.165, 1.54) is 0 Å². The average Bonchev–Trinajstić information content (AvgIpc) is 3.38. The Balaban J connectivity index is 0.000000709. The van der Waals surface area contributed by atoms with Crippen LogP contribution in [0.15, 0.2) is 59.6 Å². The third kappa shape index (κ3) is 6.81. The number of halogens is 3. The molecule has 2 aromatic carbocycles. The highest BCUT2D eigenvalue weighted by molar-refractivity contribution is 9.10. The number of ether oxygens (including phenoxy) is 3. The average molecular weight is 561 g/mol. The summed E-state index contributed by atoms with van der Waals surface area (Å²) in [6.07, 6.45) is 5.01. The van der Waals surface area contributed by atoms with Crippen molar-refractivity contribution in [2.45, 2.75) is 25.4 Å². The summed E-state index contributed by atoms with van der Waals surface area (Å²) in [5.74, 6) is -0.295. The van der Waals surface area contributed by atoms with E-state index in [1.54, 1.807) is 24.7 Å². The fourth-order valence-electron chi connectivity index (χ4n) is 3.28. The molecule has 1 aromatic heterocycles. The van der Waals surface area contributed by atoms with Crippen molar-refractivity contribution in [3.8, 4) is 5.75 Å². The van der Waals surface area contributed by atoms with E-state index >= 15 is 0 Å². The first-order valence-corrected chi connectivity index (χ1v) is 11.2. The molecule has 0 saturated carbocycles. The molecule has 0 spiro atoms. The minimum atomic E-state index is -1.50. The summed E-state index contributed by atoms with van der Waals surface area (Å²) in [6, 6.07) is 11.2. The van der Waals surface area contributed by atoms with Gasteiger partial charge < -0.3 is 24.0 Å². The maximum atomic E-state index is 8.36. The number of nitrogens with zero attached hydrogens (tertiary/aromatic N) is 3. The Kier molecular flexibility index (Phi) is 8.55. The first kappa shape index (κ1) is 25.3. The number of hydrogen-bond donors (Lipinski definition) is 1. The van der Waals surface area contributed by atoms with E-state index in [1.807, 2.05) is 42.0 Å². The van der Waals surface area contributed by atoms with Gasteiger partial charge in [0.15, 0.2) is 0 Å². The zero-order valence-corrected chi connectivity index (χ0v) is 20.5. The van der Waals surface area contributed by atoms with E-state index in [9.17, 15) is 0 Å². The molecule has 1 N–H and O–H groups in total. The summed E-state index contributed by atoms with van der Waals surface area (Å²) in [4.78, 5) is 12.5. The van der Waals surface area contributed by atoms with Gasteiger partial charge in [0.05, 0.1) is 29.0 Å². The Morgan fingerprint density at radius 3 is 2.76 bits per heavy atom. The van der Waals surface area contributed by atoms with E-state index in [4.69, 9.17) is 52.7 Å². The van der Waals surface area contributed by atoms with Gasteiger partial charge in [-0.15, -0.1) is 10.1 Å². The van der Waals surface area contributed by atoms with Crippen LogP contribution >= 0.6 is 39.1 Å².